The lowest BCUT2D eigenvalue weighted by atomic mass is 9.91. The molecule has 0 radical (unpaired) electrons. The highest BCUT2D eigenvalue weighted by Gasteiger charge is 2.38. The van der Waals surface area contributed by atoms with Gasteiger partial charge in [-0.1, -0.05) is 43.3 Å². The van der Waals surface area contributed by atoms with Crippen LogP contribution in [0, 0.1) is 5.92 Å². The van der Waals surface area contributed by atoms with Crippen LogP contribution in [0.4, 0.5) is 10.5 Å². The molecule has 1 fully saturated rings. The first-order valence-corrected chi connectivity index (χ1v) is 13.3. The summed E-state index contributed by atoms with van der Waals surface area (Å²) >= 11 is 1.33. The van der Waals surface area contributed by atoms with Crippen LogP contribution < -0.4 is 10.6 Å². The summed E-state index contributed by atoms with van der Waals surface area (Å²) < 4.78 is 12.9. The van der Waals surface area contributed by atoms with Crippen molar-refractivity contribution in [3.8, 4) is 0 Å². The Labute approximate surface area is 225 Å². The summed E-state index contributed by atoms with van der Waals surface area (Å²) in [4.78, 5) is 27.9. The Bertz CT molecular complexity index is 1260. The number of carboxylic acids is 1. The van der Waals surface area contributed by atoms with Crippen molar-refractivity contribution in [2.75, 3.05) is 17.6 Å². The minimum Gasteiger partial charge on any atom is -0.478 e. The number of aromatic nitrogens is 1. The summed E-state index contributed by atoms with van der Waals surface area (Å²) in [6.45, 7) is 4.34. The molecule has 2 aromatic carbocycles. The first-order chi connectivity index (χ1) is 18.4. The van der Waals surface area contributed by atoms with Crippen molar-refractivity contribution in [3.63, 3.8) is 0 Å². The Balaban J connectivity index is 1.60. The van der Waals surface area contributed by atoms with Gasteiger partial charge in [0.05, 0.1) is 24.4 Å². The number of urea groups is 1. The van der Waals surface area contributed by atoms with E-state index in [2.05, 4.69) is 15.6 Å². The van der Waals surface area contributed by atoms with Crippen LogP contribution in [0.3, 0.4) is 0 Å². The summed E-state index contributed by atoms with van der Waals surface area (Å²) in [7, 11) is 0. The van der Waals surface area contributed by atoms with E-state index >= 15 is 0 Å². The van der Waals surface area contributed by atoms with E-state index in [0.29, 0.717) is 23.0 Å². The SMILES string of the molecule is CCNC(=O)Nc1cccc([C@@H]2O[C@H](CSc3ncccc3C(=O)O)[C@H](C)[C@H](c3ccc(CO)cc3)O2)c1. The van der Waals surface area contributed by atoms with Gasteiger partial charge < -0.3 is 30.3 Å². The number of aromatic carboxylic acids is 1. The Kier molecular flexibility index (Phi) is 9.35. The summed E-state index contributed by atoms with van der Waals surface area (Å²) in [6, 6.07) is 17.7. The quantitative estimate of drug-likeness (QED) is 0.281. The van der Waals surface area contributed by atoms with Crippen LogP contribution in [0.1, 0.15) is 53.3 Å². The summed E-state index contributed by atoms with van der Waals surface area (Å²) in [5.41, 5.74) is 3.24. The molecule has 1 aliphatic heterocycles. The maximum absolute atomic E-state index is 12.0. The monoisotopic (exact) mass is 537 g/mol. The molecule has 4 atom stereocenters. The molecular formula is C28H31N3O6S. The zero-order valence-electron chi connectivity index (χ0n) is 21.2. The number of amides is 2. The Morgan fingerprint density at radius 2 is 1.84 bits per heavy atom. The number of hydrogen-bond donors (Lipinski definition) is 4. The van der Waals surface area contributed by atoms with E-state index in [-0.39, 0.29) is 36.3 Å². The second kappa shape index (κ2) is 12.9. The third-order valence-corrected chi connectivity index (χ3v) is 7.36. The molecule has 3 aromatic rings. The number of ether oxygens (including phenoxy) is 2. The highest BCUT2D eigenvalue weighted by atomic mass is 32.2. The smallest absolute Gasteiger partial charge is 0.338 e. The van der Waals surface area contributed by atoms with Crippen molar-refractivity contribution >= 4 is 29.4 Å². The number of carbonyl (C=O) groups is 2. The van der Waals surface area contributed by atoms with Gasteiger partial charge >= 0.3 is 12.0 Å². The van der Waals surface area contributed by atoms with E-state index < -0.39 is 12.3 Å². The number of benzene rings is 2. The number of nitrogens with zero attached hydrogens (tertiary/aromatic N) is 1. The van der Waals surface area contributed by atoms with E-state index in [1.54, 1.807) is 18.3 Å². The van der Waals surface area contributed by atoms with Gasteiger partial charge in [0.2, 0.25) is 0 Å². The third kappa shape index (κ3) is 6.70. The molecule has 2 amide bonds. The van der Waals surface area contributed by atoms with Crippen LogP contribution in [0.2, 0.25) is 0 Å². The molecule has 0 unspecified atom stereocenters. The highest BCUT2D eigenvalue weighted by molar-refractivity contribution is 7.99. The molecule has 10 heteroatoms. The number of carboxylic acid groups (broad SMARTS) is 1. The summed E-state index contributed by atoms with van der Waals surface area (Å²) in [6.07, 6.45) is 0.225. The molecule has 0 bridgehead atoms. The lowest BCUT2D eigenvalue weighted by molar-refractivity contribution is -0.268. The van der Waals surface area contributed by atoms with E-state index in [0.717, 1.165) is 16.7 Å². The number of aliphatic hydroxyl groups excluding tert-OH is 1. The van der Waals surface area contributed by atoms with Gasteiger partial charge in [-0.05, 0) is 42.3 Å². The van der Waals surface area contributed by atoms with Gasteiger partial charge in [0.25, 0.3) is 0 Å². The minimum atomic E-state index is -1.03. The van der Waals surface area contributed by atoms with Crippen molar-refractivity contribution in [1.82, 2.24) is 10.3 Å². The van der Waals surface area contributed by atoms with Crippen LogP contribution in [0.5, 0.6) is 0 Å². The molecular weight excluding hydrogens is 506 g/mol. The molecule has 2 heterocycles. The van der Waals surface area contributed by atoms with Gasteiger partial charge in [-0.25, -0.2) is 14.6 Å². The van der Waals surface area contributed by atoms with Crippen LogP contribution in [-0.2, 0) is 16.1 Å². The van der Waals surface area contributed by atoms with Crippen molar-refractivity contribution in [2.45, 2.75) is 44.0 Å². The Hall–Kier alpha value is -3.44. The maximum Gasteiger partial charge on any atom is 0.338 e. The molecule has 38 heavy (non-hydrogen) atoms. The molecule has 4 N–H and O–H groups in total. The third-order valence-electron chi connectivity index (χ3n) is 6.26. The first-order valence-electron chi connectivity index (χ1n) is 12.4. The number of carbonyl (C=O) groups excluding carboxylic acids is 1. The normalized spacial score (nSPS) is 21.0. The molecule has 1 aromatic heterocycles. The van der Waals surface area contributed by atoms with Crippen LogP contribution in [0.25, 0.3) is 0 Å². The average molecular weight is 538 g/mol. The number of nitrogens with one attached hydrogen (secondary N) is 2. The van der Waals surface area contributed by atoms with E-state index in [1.165, 1.54) is 17.8 Å². The largest absolute Gasteiger partial charge is 0.478 e. The first kappa shape index (κ1) is 27.6. The zero-order chi connectivity index (χ0) is 27.1. The predicted molar refractivity (Wildman–Crippen MR) is 144 cm³/mol. The van der Waals surface area contributed by atoms with Crippen molar-refractivity contribution < 1.29 is 29.3 Å². The second-order valence-electron chi connectivity index (χ2n) is 8.90. The summed E-state index contributed by atoms with van der Waals surface area (Å²) in [5.74, 6) is -0.648. The van der Waals surface area contributed by atoms with Gasteiger partial charge in [0, 0.05) is 35.7 Å². The predicted octanol–water partition coefficient (Wildman–Crippen LogP) is 5.00. The molecule has 0 saturated carbocycles. The Morgan fingerprint density at radius 3 is 2.55 bits per heavy atom. The van der Waals surface area contributed by atoms with Gasteiger partial charge in [-0.2, -0.15) is 0 Å². The average Bonchev–Trinajstić information content (AvgIpc) is 2.93. The van der Waals surface area contributed by atoms with E-state index in [4.69, 9.17) is 9.47 Å². The molecule has 200 valence electrons. The standard InChI is InChI=1S/C28H31N3O6S/c1-3-29-28(35)31-21-7-4-6-20(14-21)27-36-23(16-38-25-22(26(33)34)8-5-13-30-25)17(2)24(37-27)19-11-9-18(15-32)10-12-19/h4-14,17,23-24,27,32H,3,15-16H2,1-2H3,(H,33,34)(H2,29,31,35)/t17-,23+,24+,27+/m0/s1. The van der Waals surface area contributed by atoms with E-state index in [1.807, 2.05) is 56.3 Å². The van der Waals surface area contributed by atoms with Crippen molar-refractivity contribution in [2.24, 2.45) is 5.92 Å². The number of rotatable bonds is 9. The van der Waals surface area contributed by atoms with Gasteiger partial charge in [-0.3, -0.25) is 0 Å². The van der Waals surface area contributed by atoms with Crippen LogP contribution in [0.15, 0.2) is 71.9 Å². The van der Waals surface area contributed by atoms with Gasteiger partial charge in [0.1, 0.15) is 5.03 Å². The molecule has 0 spiro atoms. The lowest BCUT2D eigenvalue weighted by Crippen LogP contribution is -2.38. The number of thioether (sulfide) groups is 1. The van der Waals surface area contributed by atoms with Gasteiger partial charge in [-0.15, -0.1) is 11.8 Å². The number of aliphatic hydroxyl groups is 1. The fourth-order valence-corrected chi connectivity index (χ4v) is 5.39. The number of hydrogen-bond acceptors (Lipinski definition) is 7. The van der Waals surface area contributed by atoms with Crippen molar-refractivity contribution in [3.05, 3.63) is 89.1 Å². The zero-order valence-corrected chi connectivity index (χ0v) is 22.0. The van der Waals surface area contributed by atoms with Crippen LogP contribution >= 0.6 is 11.8 Å². The van der Waals surface area contributed by atoms with Gasteiger partial charge in [0.15, 0.2) is 6.29 Å². The highest BCUT2D eigenvalue weighted by Crippen LogP contribution is 2.43. The topological polar surface area (TPSA) is 130 Å². The minimum absolute atomic E-state index is 0.0479. The lowest BCUT2D eigenvalue weighted by Gasteiger charge is -2.41. The fourth-order valence-electron chi connectivity index (χ4n) is 4.24. The van der Waals surface area contributed by atoms with E-state index in [9.17, 15) is 19.8 Å². The summed E-state index contributed by atoms with van der Waals surface area (Å²) in [5, 5.41) is 24.9. The van der Waals surface area contributed by atoms with Crippen LogP contribution in [-0.4, -0.2) is 45.6 Å². The Morgan fingerprint density at radius 1 is 1.05 bits per heavy atom. The molecule has 1 aliphatic rings. The number of pyridine rings is 1. The molecule has 0 aliphatic carbocycles. The van der Waals surface area contributed by atoms with Crippen molar-refractivity contribution in [1.29, 1.82) is 0 Å². The molecule has 4 rings (SSSR count). The number of anilines is 1. The fraction of sp³-hybridized carbons (Fsp3) is 0.321. The molecule has 1 saturated heterocycles. The molecule has 9 nitrogen and oxygen atoms in total. The second-order valence-corrected chi connectivity index (χ2v) is 9.91. The maximum atomic E-state index is 12.0.